The smallest absolute Gasteiger partial charge is 0.209 e. The van der Waals surface area contributed by atoms with Crippen molar-refractivity contribution in [1.29, 1.82) is 5.26 Å². The zero-order valence-electron chi connectivity index (χ0n) is 3.46. The number of nitrogens with two attached hydrogens (primary N) is 2. The van der Waals surface area contributed by atoms with E-state index in [0.29, 0.717) is 0 Å². The molecular formula is C2H5BrN4. The van der Waals surface area contributed by atoms with E-state index in [9.17, 15) is 0 Å². The van der Waals surface area contributed by atoms with Crippen molar-refractivity contribution >= 4 is 22.9 Å². The summed E-state index contributed by atoms with van der Waals surface area (Å²) in [5, 5.41) is 7.64. The number of hydrogen-bond donors (Lipinski definition) is 2. The third-order valence-corrected chi connectivity index (χ3v) is 0.179. The second-order valence-corrected chi connectivity index (χ2v) is 0.637. The third-order valence-electron chi connectivity index (χ3n) is 0.179. The van der Waals surface area contributed by atoms with Gasteiger partial charge in [-0.3, -0.25) is 0 Å². The number of aliphatic imine (C=N–C) groups is 1. The lowest BCUT2D eigenvalue weighted by Gasteiger charge is -1.74. The van der Waals surface area contributed by atoms with E-state index in [2.05, 4.69) is 4.99 Å². The predicted molar refractivity (Wildman–Crippen MR) is 31.7 cm³/mol. The van der Waals surface area contributed by atoms with Gasteiger partial charge in [-0.25, -0.2) is 0 Å². The van der Waals surface area contributed by atoms with Crippen molar-refractivity contribution in [3.8, 4) is 6.19 Å². The van der Waals surface area contributed by atoms with E-state index in [4.69, 9.17) is 16.7 Å². The van der Waals surface area contributed by atoms with Crippen LogP contribution in [-0.2, 0) is 0 Å². The average molecular weight is 165 g/mol. The summed E-state index contributed by atoms with van der Waals surface area (Å²) in [6.07, 6.45) is 1.41. The van der Waals surface area contributed by atoms with Crippen LogP contribution in [0.5, 0.6) is 0 Å². The van der Waals surface area contributed by atoms with E-state index in [0.717, 1.165) is 0 Å². The van der Waals surface area contributed by atoms with E-state index in [1.807, 2.05) is 0 Å². The Balaban J connectivity index is 0. The summed E-state index contributed by atoms with van der Waals surface area (Å²) in [6, 6.07) is 0. The van der Waals surface area contributed by atoms with Crippen LogP contribution in [0, 0.1) is 11.5 Å². The Morgan fingerprint density at radius 2 is 2.00 bits per heavy atom. The van der Waals surface area contributed by atoms with Crippen LogP contribution in [0.4, 0.5) is 0 Å². The molecule has 0 aliphatic heterocycles. The van der Waals surface area contributed by atoms with Crippen LogP contribution in [0.3, 0.4) is 0 Å². The van der Waals surface area contributed by atoms with E-state index in [-0.39, 0.29) is 22.9 Å². The Bertz CT molecular complexity index is 96.7. The minimum Gasteiger partial charge on any atom is -0.369 e. The topological polar surface area (TPSA) is 88.2 Å². The van der Waals surface area contributed by atoms with Gasteiger partial charge in [0.2, 0.25) is 12.2 Å². The summed E-state index contributed by atoms with van der Waals surface area (Å²) >= 11 is 0. The predicted octanol–water partition coefficient (Wildman–Crippen LogP) is -0.681. The van der Waals surface area contributed by atoms with Crippen LogP contribution >= 0.6 is 17.0 Å². The molecule has 0 saturated heterocycles. The minimum atomic E-state index is -0.197. The highest BCUT2D eigenvalue weighted by Crippen LogP contribution is 1.49. The molecule has 7 heavy (non-hydrogen) atoms. The van der Waals surface area contributed by atoms with Gasteiger partial charge in [-0.15, -0.1) is 22.0 Å². The van der Waals surface area contributed by atoms with Gasteiger partial charge >= 0.3 is 0 Å². The highest BCUT2D eigenvalue weighted by atomic mass is 79.9. The minimum absolute atomic E-state index is 0. The molecule has 4 nitrogen and oxygen atoms in total. The molecule has 0 spiro atoms. The molecular weight excluding hydrogens is 160 g/mol. The fourth-order valence-corrected chi connectivity index (χ4v) is 0.0577. The summed E-state index contributed by atoms with van der Waals surface area (Å²) in [6.45, 7) is 0. The largest absolute Gasteiger partial charge is 0.369 e. The number of nitrogens with zero attached hydrogens (tertiary/aromatic N) is 2. The van der Waals surface area contributed by atoms with Crippen LogP contribution < -0.4 is 11.5 Å². The maximum Gasteiger partial charge on any atom is 0.209 e. The molecule has 0 aliphatic carbocycles. The molecule has 0 aromatic carbocycles. The van der Waals surface area contributed by atoms with Gasteiger partial charge in [0, 0.05) is 0 Å². The van der Waals surface area contributed by atoms with Crippen LogP contribution in [0.25, 0.3) is 0 Å². The Kier molecular flexibility index (Phi) is 7.13. The number of nitriles is 1. The summed E-state index contributed by atoms with van der Waals surface area (Å²) in [5.41, 5.74) is 9.42. The van der Waals surface area contributed by atoms with Crippen molar-refractivity contribution in [2.45, 2.75) is 0 Å². The van der Waals surface area contributed by atoms with Gasteiger partial charge in [-0.05, 0) is 0 Å². The zero-order chi connectivity index (χ0) is 4.99. The lowest BCUT2D eigenvalue weighted by Crippen LogP contribution is -2.21. The first-order valence-electron chi connectivity index (χ1n) is 1.25. The van der Waals surface area contributed by atoms with E-state index in [1.165, 1.54) is 6.19 Å². The first kappa shape index (κ1) is 9.53. The van der Waals surface area contributed by atoms with Crippen LogP contribution in [-0.4, -0.2) is 5.96 Å². The van der Waals surface area contributed by atoms with Gasteiger partial charge < -0.3 is 11.5 Å². The maximum absolute atomic E-state index is 7.64. The maximum atomic E-state index is 7.64. The van der Waals surface area contributed by atoms with Crippen LogP contribution in [0.1, 0.15) is 0 Å². The Hall–Kier alpha value is -0.760. The lowest BCUT2D eigenvalue weighted by molar-refractivity contribution is 1.39. The second kappa shape index (κ2) is 5.24. The molecule has 4 N–H and O–H groups in total. The van der Waals surface area contributed by atoms with Gasteiger partial charge in [0.1, 0.15) is 0 Å². The Labute approximate surface area is 51.6 Å². The molecule has 0 fully saturated rings. The molecule has 0 radical (unpaired) electrons. The Morgan fingerprint density at radius 3 is 2.00 bits per heavy atom. The molecule has 0 atom stereocenters. The molecule has 0 saturated carbocycles. The third kappa shape index (κ3) is 11.0. The second-order valence-electron chi connectivity index (χ2n) is 0.637. The lowest BCUT2D eigenvalue weighted by atomic mass is 11.1. The molecule has 0 rings (SSSR count). The van der Waals surface area contributed by atoms with Gasteiger partial charge in [0.15, 0.2) is 0 Å². The first-order valence-corrected chi connectivity index (χ1v) is 1.25. The average Bonchev–Trinajstić information content (AvgIpc) is 1.35. The molecule has 0 aromatic rings. The molecule has 5 heteroatoms. The van der Waals surface area contributed by atoms with E-state index >= 15 is 0 Å². The quantitative estimate of drug-likeness (QED) is 0.283. The van der Waals surface area contributed by atoms with Crippen molar-refractivity contribution in [3.63, 3.8) is 0 Å². The van der Waals surface area contributed by atoms with Crippen LogP contribution in [0.2, 0.25) is 0 Å². The summed E-state index contributed by atoms with van der Waals surface area (Å²) in [4.78, 5) is 2.90. The standard InChI is InChI=1S/C2H4N4.BrH/c3-1-6-2(4)5;/h(H4,4,5,6);1H. The van der Waals surface area contributed by atoms with E-state index < -0.39 is 0 Å². The highest BCUT2D eigenvalue weighted by molar-refractivity contribution is 8.93. The van der Waals surface area contributed by atoms with Gasteiger partial charge in [-0.1, -0.05) is 0 Å². The van der Waals surface area contributed by atoms with Crippen molar-refractivity contribution in [1.82, 2.24) is 0 Å². The summed E-state index contributed by atoms with van der Waals surface area (Å²) in [5.74, 6) is -0.197. The molecule has 0 amide bonds. The number of hydrogen-bond acceptors (Lipinski definition) is 2. The Morgan fingerprint density at radius 1 is 1.57 bits per heavy atom. The summed E-state index contributed by atoms with van der Waals surface area (Å²) < 4.78 is 0. The van der Waals surface area contributed by atoms with Crippen LogP contribution in [0.15, 0.2) is 4.99 Å². The molecule has 40 valence electrons. The fourth-order valence-electron chi connectivity index (χ4n) is 0.0577. The normalized spacial score (nSPS) is 5.00. The monoisotopic (exact) mass is 164 g/mol. The summed E-state index contributed by atoms with van der Waals surface area (Å²) in [7, 11) is 0. The fraction of sp³-hybridized carbons (Fsp3) is 0. The molecule has 0 heterocycles. The number of halogens is 1. The van der Waals surface area contributed by atoms with Crippen molar-refractivity contribution in [3.05, 3.63) is 0 Å². The SMILES string of the molecule is Br.N#CN=C(N)N. The first-order chi connectivity index (χ1) is 2.77. The molecule has 0 aromatic heterocycles. The van der Waals surface area contributed by atoms with Gasteiger partial charge in [-0.2, -0.15) is 5.26 Å². The zero-order valence-corrected chi connectivity index (χ0v) is 5.17. The van der Waals surface area contributed by atoms with E-state index in [1.54, 1.807) is 0 Å². The highest BCUT2D eigenvalue weighted by Gasteiger charge is 1.67. The van der Waals surface area contributed by atoms with Crippen molar-refractivity contribution in [2.24, 2.45) is 16.5 Å². The van der Waals surface area contributed by atoms with Gasteiger partial charge in [0.05, 0.1) is 0 Å². The number of guanidine groups is 1. The van der Waals surface area contributed by atoms with Gasteiger partial charge in [0.25, 0.3) is 0 Å². The van der Waals surface area contributed by atoms with Crippen molar-refractivity contribution < 1.29 is 0 Å². The van der Waals surface area contributed by atoms with Crippen molar-refractivity contribution in [2.75, 3.05) is 0 Å². The molecule has 0 aliphatic rings. The molecule has 0 bridgehead atoms. The molecule has 0 unspecified atom stereocenters. The number of rotatable bonds is 0.